The monoisotopic (exact) mass is 571 g/mol. The lowest BCUT2D eigenvalue weighted by atomic mass is 9.87. The lowest BCUT2D eigenvalue weighted by Gasteiger charge is -2.33. The van der Waals surface area contributed by atoms with Crippen molar-refractivity contribution in [3.8, 4) is 11.5 Å². The molecule has 0 amide bonds. The number of aliphatic hydroxyl groups excluding tert-OH is 1. The van der Waals surface area contributed by atoms with Gasteiger partial charge < -0.3 is 39.0 Å². The summed E-state index contributed by atoms with van der Waals surface area (Å²) < 4.78 is 28.1. The van der Waals surface area contributed by atoms with Crippen LogP contribution in [0, 0.1) is 0 Å². The fourth-order valence-corrected chi connectivity index (χ4v) is 5.70. The molecule has 2 aromatic rings. The number of benzene rings is 2. The van der Waals surface area contributed by atoms with Gasteiger partial charge in [-0.3, -0.25) is 4.90 Å². The largest absolute Gasteiger partial charge is 0.497 e. The number of hydrogen-bond donors (Lipinski definition) is 2. The number of ether oxygens (including phenoxy) is 5. The summed E-state index contributed by atoms with van der Waals surface area (Å²) in [5, 5.41) is 12.1. The maximum Gasteiger partial charge on any atom is 0.142 e. The van der Waals surface area contributed by atoms with Crippen molar-refractivity contribution < 1.29 is 28.8 Å². The second-order valence-corrected chi connectivity index (χ2v) is 10.9. The Labute approximate surface area is 245 Å². The summed E-state index contributed by atoms with van der Waals surface area (Å²) in [6.07, 6.45) is 2.23. The molecule has 0 aliphatic carbocycles. The molecule has 3 heterocycles. The standard InChI is InChI=1S/C25H34N2O4.C7H15NO2/c1-28-14-3-12-27-13-15-30-24-9-4-19(16-23(24)27)18-31-25-17-26-11-10-22(25)20-5-7-21(29-2)8-6-20;1-7-6-10-5-3-8(7)2-4-9/h4-9,16,22,25-26H,3,10-15,17-18H2,1-2H3;7,9H,2-6H2,1H3/t22-,25+;7-/m10/s1. The number of β-amino-alcohol motifs (C(OH)–C–C–N with tert-alkyl or cyclic N) is 1. The van der Waals surface area contributed by atoms with Gasteiger partial charge >= 0.3 is 0 Å². The highest BCUT2D eigenvalue weighted by Crippen LogP contribution is 2.34. The van der Waals surface area contributed by atoms with Crippen LogP contribution in [0.15, 0.2) is 42.5 Å². The Balaban J connectivity index is 0.000000328. The summed E-state index contributed by atoms with van der Waals surface area (Å²) in [5.41, 5.74) is 3.66. The van der Waals surface area contributed by atoms with Gasteiger partial charge in [-0.05, 0) is 61.7 Å². The van der Waals surface area contributed by atoms with E-state index in [1.165, 1.54) is 11.1 Å². The molecule has 5 rings (SSSR count). The Morgan fingerprint density at radius 2 is 1.90 bits per heavy atom. The van der Waals surface area contributed by atoms with Crippen molar-refractivity contribution in [3.05, 3.63) is 53.6 Å². The molecule has 3 aliphatic heterocycles. The number of fused-ring (bicyclic) bond motifs is 1. The highest BCUT2D eigenvalue weighted by Gasteiger charge is 2.27. The second-order valence-electron chi connectivity index (χ2n) is 10.9. The Kier molecular flexibility index (Phi) is 13.0. The molecule has 2 saturated heterocycles. The predicted octanol–water partition coefficient (Wildman–Crippen LogP) is 3.29. The highest BCUT2D eigenvalue weighted by molar-refractivity contribution is 5.61. The van der Waals surface area contributed by atoms with E-state index in [9.17, 15) is 0 Å². The topological polar surface area (TPSA) is 84.9 Å². The fraction of sp³-hybridized carbons (Fsp3) is 0.625. The van der Waals surface area contributed by atoms with E-state index >= 15 is 0 Å². The van der Waals surface area contributed by atoms with Crippen LogP contribution in [0.5, 0.6) is 11.5 Å². The molecular formula is C32H49N3O6. The summed E-state index contributed by atoms with van der Waals surface area (Å²) in [5.74, 6) is 2.24. The van der Waals surface area contributed by atoms with Crippen LogP contribution in [0.3, 0.4) is 0 Å². The third-order valence-corrected chi connectivity index (χ3v) is 8.09. The van der Waals surface area contributed by atoms with Crippen LogP contribution < -0.4 is 19.7 Å². The molecule has 3 aliphatic rings. The molecule has 9 nitrogen and oxygen atoms in total. The zero-order valence-electron chi connectivity index (χ0n) is 25.1. The van der Waals surface area contributed by atoms with Gasteiger partial charge in [0, 0.05) is 51.9 Å². The Morgan fingerprint density at radius 3 is 2.66 bits per heavy atom. The lowest BCUT2D eigenvalue weighted by molar-refractivity contribution is -0.00656. The zero-order valence-corrected chi connectivity index (χ0v) is 25.1. The van der Waals surface area contributed by atoms with E-state index in [2.05, 4.69) is 52.4 Å². The van der Waals surface area contributed by atoms with E-state index in [1.54, 1.807) is 14.2 Å². The molecule has 0 unspecified atom stereocenters. The molecule has 0 aromatic heterocycles. The molecule has 2 aromatic carbocycles. The maximum absolute atomic E-state index is 8.65. The van der Waals surface area contributed by atoms with Gasteiger partial charge in [0.15, 0.2) is 0 Å². The van der Waals surface area contributed by atoms with Crippen molar-refractivity contribution in [2.75, 3.05) is 91.4 Å². The molecule has 2 N–H and O–H groups in total. The quantitative estimate of drug-likeness (QED) is 0.395. The lowest BCUT2D eigenvalue weighted by Crippen LogP contribution is -2.44. The molecule has 0 saturated carbocycles. The number of nitrogens with one attached hydrogen (secondary N) is 1. The van der Waals surface area contributed by atoms with E-state index < -0.39 is 0 Å². The zero-order chi connectivity index (χ0) is 28.9. The van der Waals surface area contributed by atoms with Gasteiger partial charge in [0.1, 0.15) is 18.1 Å². The Morgan fingerprint density at radius 1 is 1.05 bits per heavy atom. The number of methoxy groups -OCH3 is 2. The first-order valence-electron chi connectivity index (χ1n) is 15.0. The maximum atomic E-state index is 8.65. The van der Waals surface area contributed by atoms with Crippen LogP contribution in [-0.2, 0) is 20.8 Å². The van der Waals surface area contributed by atoms with E-state index in [1.807, 2.05) is 12.1 Å². The van der Waals surface area contributed by atoms with Crippen LogP contribution in [0.2, 0.25) is 0 Å². The number of aliphatic hydroxyl groups is 1. The van der Waals surface area contributed by atoms with Crippen LogP contribution in [0.4, 0.5) is 5.69 Å². The average molecular weight is 572 g/mol. The van der Waals surface area contributed by atoms with Crippen molar-refractivity contribution in [2.24, 2.45) is 0 Å². The Bertz CT molecular complexity index is 1020. The van der Waals surface area contributed by atoms with Gasteiger partial charge in [0.25, 0.3) is 0 Å². The minimum atomic E-state index is 0.146. The van der Waals surface area contributed by atoms with Crippen LogP contribution in [-0.4, -0.2) is 109 Å². The van der Waals surface area contributed by atoms with Crippen molar-refractivity contribution >= 4 is 5.69 Å². The first kappa shape index (κ1) is 31.5. The molecule has 0 bridgehead atoms. The van der Waals surface area contributed by atoms with Crippen LogP contribution in [0.25, 0.3) is 0 Å². The number of morpholine rings is 1. The van der Waals surface area contributed by atoms with Crippen molar-refractivity contribution in [2.45, 2.75) is 44.4 Å². The fourth-order valence-electron chi connectivity index (χ4n) is 5.70. The third-order valence-electron chi connectivity index (χ3n) is 8.09. The van der Waals surface area contributed by atoms with Crippen molar-refractivity contribution in [3.63, 3.8) is 0 Å². The van der Waals surface area contributed by atoms with Gasteiger partial charge in [-0.15, -0.1) is 0 Å². The van der Waals surface area contributed by atoms with E-state index in [-0.39, 0.29) is 12.7 Å². The molecular weight excluding hydrogens is 522 g/mol. The number of rotatable bonds is 11. The Hall–Kier alpha value is -2.40. The van der Waals surface area contributed by atoms with Gasteiger partial charge in [-0.25, -0.2) is 0 Å². The first-order valence-corrected chi connectivity index (χ1v) is 15.0. The second kappa shape index (κ2) is 16.9. The normalized spacial score (nSPS) is 22.7. The predicted molar refractivity (Wildman–Crippen MR) is 161 cm³/mol. The minimum Gasteiger partial charge on any atom is -0.497 e. The van der Waals surface area contributed by atoms with Crippen LogP contribution in [0.1, 0.15) is 36.8 Å². The molecule has 2 fully saturated rings. The number of piperidine rings is 1. The van der Waals surface area contributed by atoms with Crippen LogP contribution >= 0.6 is 0 Å². The smallest absolute Gasteiger partial charge is 0.142 e. The van der Waals surface area contributed by atoms with Gasteiger partial charge in [0.05, 0.1) is 51.9 Å². The van der Waals surface area contributed by atoms with E-state index in [0.29, 0.717) is 18.6 Å². The number of nitrogens with zero attached hydrogens (tertiary/aromatic N) is 2. The average Bonchev–Trinajstić information content (AvgIpc) is 3.02. The molecule has 9 heteroatoms. The summed E-state index contributed by atoms with van der Waals surface area (Å²) in [7, 11) is 3.45. The molecule has 3 atom stereocenters. The minimum absolute atomic E-state index is 0.146. The number of hydrogen-bond acceptors (Lipinski definition) is 9. The SMILES string of the molecule is COCCCN1CCOc2ccc(CO[C@H]3CNCC[C@@H]3c3ccc(OC)cc3)cc21.C[C@H]1COCCN1CCO. The summed E-state index contributed by atoms with van der Waals surface area (Å²) in [4.78, 5) is 4.63. The number of anilines is 1. The molecule has 0 radical (unpaired) electrons. The summed E-state index contributed by atoms with van der Waals surface area (Å²) in [6, 6.07) is 15.3. The van der Waals surface area contributed by atoms with Crippen molar-refractivity contribution in [1.82, 2.24) is 10.2 Å². The molecule has 41 heavy (non-hydrogen) atoms. The van der Waals surface area contributed by atoms with Gasteiger partial charge in [-0.1, -0.05) is 18.2 Å². The highest BCUT2D eigenvalue weighted by atomic mass is 16.5. The first-order chi connectivity index (χ1) is 20.1. The summed E-state index contributed by atoms with van der Waals surface area (Å²) >= 11 is 0. The summed E-state index contributed by atoms with van der Waals surface area (Å²) in [6.45, 7) is 11.6. The molecule has 228 valence electrons. The molecule has 0 spiro atoms. The third kappa shape index (κ3) is 9.30. The van der Waals surface area contributed by atoms with Gasteiger partial charge in [-0.2, -0.15) is 0 Å². The van der Waals surface area contributed by atoms with E-state index in [0.717, 1.165) is 95.7 Å². The van der Waals surface area contributed by atoms with Crippen molar-refractivity contribution in [1.29, 1.82) is 0 Å². The van der Waals surface area contributed by atoms with Gasteiger partial charge in [0.2, 0.25) is 0 Å². The van der Waals surface area contributed by atoms with E-state index in [4.69, 9.17) is 28.8 Å².